The molecule has 0 radical (unpaired) electrons. The lowest BCUT2D eigenvalue weighted by Crippen LogP contribution is -2.46. The lowest BCUT2D eigenvalue weighted by atomic mass is 9.96. The predicted octanol–water partition coefficient (Wildman–Crippen LogP) is 2.81. The summed E-state index contributed by atoms with van der Waals surface area (Å²) in [5, 5.41) is 5.53. The molecule has 2 rings (SSSR count). The number of aryl methyl sites for hydroxylation is 2. The molecule has 1 aliphatic heterocycles. The lowest BCUT2D eigenvalue weighted by Gasteiger charge is -2.32. The molecule has 0 unspecified atom stereocenters. The highest BCUT2D eigenvalue weighted by Crippen LogP contribution is 2.16. The molecule has 1 fully saturated rings. The molecule has 7 nitrogen and oxygen atoms in total. The van der Waals surface area contributed by atoms with Crippen LogP contribution in [0.2, 0.25) is 0 Å². The molecule has 0 saturated carbocycles. The maximum atomic E-state index is 12.3. The van der Waals surface area contributed by atoms with Crippen LogP contribution in [0.3, 0.4) is 0 Å². The van der Waals surface area contributed by atoms with E-state index in [9.17, 15) is 14.4 Å². The molecule has 7 heteroatoms. The van der Waals surface area contributed by atoms with Crippen molar-refractivity contribution < 1.29 is 19.1 Å². The number of alkyl carbamates (subject to hydrolysis) is 1. The molecule has 166 valence electrons. The Hall–Kier alpha value is -2.57. The van der Waals surface area contributed by atoms with E-state index < -0.39 is 11.7 Å². The van der Waals surface area contributed by atoms with Crippen LogP contribution < -0.4 is 10.6 Å². The number of rotatable bonds is 7. The molecule has 30 heavy (non-hydrogen) atoms. The maximum Gasteiger partial charge on any atom is 0.408 e. The third-order valence-electron chi connectivity index (χ3n) is 5.10. The summed E-state index contributed by atoms with van der Waals surface area (Å²) >= 11 is 0. The van der Waals surface area contributed by atoms with Gasteiger partial charge in [0.2, 0.25) is 11.8 Å². The zero-order chi connectivity index (χ0) is 22.1. The van der Waals surface area contributed by atoms with Gasteiger partial charge in [0.15, 0.2) is 0 Å². The van der Waals surface area contributed by atoms with Crippen LogP contribution in [0.5, 0.6) is 0 Å². The normalized spacial score (nSPS) is 14.9. The fourth-order valence-electron chi connectivity index (χ4n) is 3.32. The van der Waals surface area contributed by atoms with Crippen LogP contribution in [0.1, 0.15) is 51.2 Å². The molecule has 0 bridgehead atoms. The third kappa shape index (κ3) is 8.84. The first-order chi connectivity index (χ1) is 14.1. The second kappa shape index (κ2) is 11.0. The average molecular weight is 418 g/mol. The van der Waals surface area contributed by atoms with Crippen molar-refractivity contribution in [2.75, 3.05) is 26.2 Å². The van der Waals surface area contributed by atoms with E-state index in [0.29, 0.717) is 32.0 Å². The molecular weight excluding hydrogens is 382 g/mol. The van der Waals surface area contributed by atoms with Crippen molar-refractivity contribution in [3.8, 4) is 0 Å². The van der Waals surface area contributed by atoms with Crippen molar-refractivity contribution >= 4 is 17.9 Å². The van der Waals surface area contributed by atoms with Crippen molar-refractivity contribution in [3.05, 3.63) is 35.4 Å². The number of ether oxygens (including phenoxy) is 1. The molecule has 1 heterocycles. The van der Waals surface area contributed by atoms with Crippen LogP contribution in [-0.4, -0.2) is 54.6 Å². The fraction of sp³-hybridized carbons (Fsp3) is 0.609. The first-order valence-corrected chi connectivity index (χ1v) is 10.7. The standard InChI is InChI=1S/C23H35N3O4/c1-17-5-7-18(8-6-17)9-10-20(27)24-15-19-11-13-26(14-12-19)21(28)16-25-22(29)30-23(2,3)4/h5-8,19H,9-16H2,1-4H3,(H,24,27)(H,25,29). The predicted molar refractivity (Wildman–Crippen MR) is 116 cm³/mol. The second-order valence-corrected chi connectivity index (χ2v) is 8.97. The number of likely N-dealkylation sites (tertiary alicyclic amines) is 1. The maximum absolute atomic E-state index is 12.3. The van der Waals surface area contributed by atoms with E-state index in [1.807, 2.05) is 6.92 Å². The molecule has 0 atom stereocenters. The summed E-state index contributed by atoms with van der Waals surface area (Å²) in [6.07, 6.45) is 2.33. The van der Waals surface area contributed by atoms with Gasteiger partial charge in [0.1, 0.15) is 12.1 Å². The van der Waals surface area contributed by atoms with Gasteiger partial charge in [-0.15, -0.1) is 0 Å². The van der Waals surface area contributed by atoms with Crippen LogP contribution in [0.25, 0.3) is 0 Å². The molecule has 1 aromatic carbocycles. The summed E-state index contributed by atoms with van der Waals surface area (Å²) in [5.41, 5.74) is 1.80. The fourth-order valence-corrected chi connectivity index (χ4v) is 3.32. The Morgan fingerprint density at radius 3 is 2.30 bits per heavy atom. The smallest absolute Gasteiger partial charge is 0.408 e. The Balaban J connectivity index is 1.60. The molecule has 1 saturated heterocycles. The van der Waals surface area contributed by atoms with Gasteiger partial charge in [0.05, 0.1) is 0 Å². The molecule has 1 aliphatic rings. The minimum atomic E-state index is -0.587. The van der Waals surface area contributed by atoms with E-state index in [1.54, 1.807) is 25.7 Å². The van der Waals surface area contributed by atoms with Crippen LogP contribution >= 0.6 is 0 Å². The highest BCUT2D eigenvalue weighted by Gasteiger charge is 2.24. The largest absolute Gasteiger partial charge is 0.444 e. The van der Waals surface area contributed by atoms with Crippen molar-refractivity contribution in [3.63, 3.8) is 0 Å². The molecule has 0 aliphatic carbocycles. The Morgan fingerprint density at radius 2 is 1.70 bits per heavy atom. The topological polar surface area (TPSA) is 87.7 Å². The summed E-state index contributed by atoms with van der Waals surface area (Å²) in [6.45, 7) is 9.24. The number of nitrogens with one attached hydrogen (secondary N) is 2. The minimum absolute atomic E-state index is 0.0602. The monoisotopic (exact) mass is 417 g/mol. The van der Waals surface area contributed by atoms with Gasteiger partial charge in [-0.3, -0.25) is 9.59 Å². The molecule has 1 aromatic rings. The lowest BCUT2D eigenvalue weighted by molar-refractivity contribution is -0.131. The van der Waals surface area contributed by atoms with Gasteiger partial charge in [-0.2, -0.15) is 0 Å². The van der Waals surface area contributed by atoms with E-state index >= 15 is 0 Å². The first-order valence-electron chi connectivity index (χ1n) is 10.7. The van der Waals surface area contributed by atoms with Gasteiger partial charge in [-0.05, 0) is 58.4 Å². The van der Waals surface area contributed by atoms with Gasteiger partial charge in [-0.25, -0.2) is 4.79 Å². The minimum Gasteiger partial charge on any atom is -0.444 e. The number of amides is 3. The third-order valence-corrected chi connectivity index (χ3v) is 5.10. The zero-order valence-electron chi connectivity index (χ0n) is 18.6. The average Bonchev–Trinajstić information content (AvgIpc) is 2.69. The van der Waals surface area contributed by atoms with E-state index in [0.717, 1.165) is 19.3 Å². The van der Waals surface area contributed by atoms with Gasteiger partial charge in [0.25, 0.3) is 0 Å². The summed E-state index contributed by atoms with van der Waals surface area (Å²) in [7, 11) is 0. The van der Waals surface area contributed by atoms with Gasteiger partial charge in [-0.1, -0.05) is 29.8 Å². The Kier molecular flexibility index (Phi) is 8.69. The van der Waals surface area contributed by atoms with Crippen LogP contribution in [-0.2, 0) is 20.7 Å². The molecule has 2 N–H and O–H groups in total. The molecule has 0 spiro atoms. The Morgan fingerprint density at radius 1 is 1.07 bits per heavy atom. The quantitative estimate of drug-likeness (QED) is 0.714. The van der Waals surface area contributed by atoms with Crippen molar-refractivity contribution in [2.45, 2.75) is 59.0 Å². The van der Waals surface area contributed by atoms with Crippen molar-refractivity contribution in [1.82, 2.24) is 15.5 Å². The number of carbonyl (C=O) groups is 3. The van der Waals surface area contributed by atoms with Crippen LogP contribution in [0.4, 0.5) is 4.79 Å². The Bertz CT molecular complexity index is 717. The van der Waals surface area contributed by atoms with Crippen LogP contribution in [0, 0.1) is 12.8 Å². The van der Waals surface area contributed by atoms with E-state index in [4.69, 9.17) is 4.74 Å². The number of benzene rings is 1. The van der Waals surface area contributed by atoms with Crippen LogP contribution in [0.15, 0.2) is 24.3 Å². The van der Waals surface area contributed by atoms with E-state index in [2.05, 4.69) is 34.9 Å². The van der Waals surface area contributed by atoms with Crippen molar-refractivity contribution in [1.29, 1.82) is 0 Å². The number of carbonyl (C=O) groups excluding carboxylic acids is 3. The highest BCUT2D eigenvalue weighted by atomic mass is 16.6. The van der Waals surface area contributed by atoms with E-state index in [1.165, 1.54) is 11.1 Å². The molecule has 3 amide bonds. The highest BCUT2D eigenvalue weighted by molar-refractivity contribution is 5.82. The first kappa shape index (κ1) is 23.7. The Labute approximate surface area is 179 Å². The van der Waals surface area contributed by atoms with Gasteiger partial charge in [0, 0.05) is 26.1 Å². The second-order valence-electron chi connectivity index (χ2n) is 8.97. The van der Waals surface area contributed by atoms with Gasteiger partial charge >= 0.3 is 6.09 Å². The van der Waals surface area contributed by atoms with Crippen molar-refractivity contribution in [2.24, 2.45) is 5.92 Å². The zero-order valence-corrected chi connectivity index (χ0v) is 18.6. The summed E-state index contributed by atoms with van der Waals surface area (Å²) < 4.78 is 5.14. The molecular formula is C23H35N3O4. The number of hydrogen-bond acceptors (Lipinski definition) is 4. The summed E-state index contributed by atoms with van der Waals surface area (Å²) in [6, 6.07) is 8.25. The van der Waals surface area contributed by atoms with E-state index in [-0.39, 0.29) is 18.4 Å². The molecule has 0 aromatic heterocycles. The summed E-state index contributed by atoms with van der Waals surface area (Å²) in [5.74, 6) is 0.327. The number of nitrogens with zero attached hydrogens (tertiary/aromatic N) is 1. The number of piperidine rings is 1. The summed E-state index contributed by atoms with van der Waals surface area (Å²) in [4.78, 5) is 37.8. The van der Waals surface area contributed by atoms with Gasteiger partial charge < -0.3 is 20.3 Å². The SMILES string of the molecule is Cc1ccc(CCC(=O)NCC2CCN(C(=O)CNC(=O)OC(C)(C)C)CC2)cc1. The number of hydrogen-bond donors (Lipinski definition) is 2.